The molecule has 0 aromatic heterocycles. The van der Waals surface area contributed by atoms with Gasteiger partial charge in [-0.2, -0.15) is 4.31 Å². The van der Waals surface area contributed by atoms with Crippen LogP contribution >= 0.6 is 0 Å². The molecule has 1 aliphatic heterocycles. The fourth-order valence-corrected chi connectivity index (χ4v) is 5.13. The second-order valence-electron chi connectivity index (χ2n) is 6.94. The molecule has 1 saturated carbocycles. The normalized spacial score (nSPS) is 25.5. The predicted molar refractivity (Wildman–Crippen MR) is 91.3 cm³/mol. The van der Waals surface area contributed by atoms with E-state index in [2.05, 4.69) is 6.92 Å². The van der Waals surface area contributed by atoms with Gasteiger partial charge in [-0.05, 0) is 56.2 Å². The van der Waals surface area contributed by atoms with Crippen molar-refractivity contribution < 1.29 is 17.9 Å². The van der Waals surface area contributed by atoms with E-state index < -0.39 is 16.0 Å². The zero-order valence-corrected chi connectivity index (χ0v) is 14.9. The minimum absolute atomic E-state index is 0.0555. The van der Waals surface area contributed by atoms with E-state index in [0.717, 1.165) is 32.1 Å². The van der Waals surface area contributed by atoms with Crippen LogP contribution in [0.15, 0.2) is 29.2 Å². The van der Waals surface area contributed by atoms with Gasteiger partial charge in [-0.3, -0.25) is 0 Å². The van der Waals surface area contributed by atoms with Crippen LogP contribution in [0, 0.1) is 5.92 Å². The van der Waals surface area contributed by atoms with E-state index in [1.807, 2.05) is 0 Å². The van der Waals surface area contributed by atoms with Crippen molar-refractivity contribution in [2.24, 2.45) is 5.92 Å². The molecule has 2 fully saturated rings. The standard InChI is InChI=1S/C18H25NO4S/c1-14-6-4-8-16(12-14)23-18(20)15-7-5-9-17(13-15)24(21,22)19-10-2-3-11-19/h5,7,9,13-14,16H,2-4,6,8,10-12H2,1H3. The highest BCUT2D eigenvalue weighted by Crippen LogP contribution is 2.27. The van der Waals surface area contributed by atoms with Gasteiger partial charge in [0, 0.05) is 13.1 Å². The first-order valence-electron chi connectivity index (χ1n) is 8.78. The molecular formula is C18H25NO4S. The first-order valence-corrected chi connectivity index (χ1v) is 10.2. The van der Waals surface area contributed by atoms with E-state index in [-0.39, 0.29) is 11.0 Å². The highest BCUT2D eigenvalue weighted by molar-refractivity contribution is 7.89. The highest BCUT2D eigenvalue weighted by Gasteiger charge is 2.28. The number of carbonyl (C=O) groups excluding carboxylic acids is 1. The van der Waals surface area contributed by atoms with Crippen LogP contribution in [0.4, 0.5) is 0 Å². The fraction of sp³-hybridized carbons (Fsp3) is 0.611. The maximum atomic E-state index is 12.6. The molecule has 132 valence electrons. The lowest BCUT2D eigenvalue weighted by atomic mass is 9.89. The molecular weight excluding hydrogens is 326 g/mol. The number of esters is 1. The van der Waals surface area contributed by atoms with Crippen molar-refractivity contribution >= 4 is 16.0 Å². The van der Waals surface area contributed by atoms with Crippen molar-refractivity contribution in [3.63, 3.8) is 0 Å². The molecule has 2 atom stereocenters. The van der Waals surface area contributed by atoms with Gasteiger partial charge in [0.15, 0.2) is 0 Å². The molecule has 5 nitrogen and oxygen atoms in total. The quantitative estimate of drug-likeness (QED) is 0.782. The molecule has 2 unspecified atom stereocenters. The largest absolute Gasteiger partial charge is 0.459 e. The van der Waals surface area contributed by atoms with Crippen LogP contribution in [0.5, 0.6) is 0 Å². The van der Waals surface area contributed by atoms with E-state index in [1.54, 1.807) is 18.2 Å². The number of carbonyl (C=O) groups is 1. The number of sulfonamides is 1. The first kappa shape index (κ1) is 17.4. The summed E-state index contributed by atoms with van der Waals surface area (Å²) in [6.07, 6.45) is 5.75. The Hall–Kier alpha value is -1.40. The summed E-state index contributed by atoms with van der Waals surface area (Å²) < 4.78 is 32.3. The summed E-state index contributed by atoms with van der Waals surface area (Å²) >= 11 is 0. The van der Waals surface area contributed by atoms with Crippen LogP contribution in [-0.4, -0.2) is 37.9 Å². The predicted octanol–water partition coefficient (Wildman–Crippen LogP) is 3.21. The molecule has 1 aromatic carbocycles. The lowest BCUT2D eigenvalue weighted by Gasteiger charge is -2.26. The van der Waals surface area contributed by atoms with Gasteiger partial charge in [-0.25, -0.2) is 13.2 Å². The highest BCUT2D eigenvalue weighted by atomic mass is 32.2. The van der Waals surface area contributed by atoms with Crippen LogP contribution in [0.25, 0.3) is 0 Å². The van der Waals surface area contributed by atoms with Crippen molar-refractivity contribution in [1.82, 2.24) is 4.31 Å². The number of ether oxygens (including phenoxy) is 1. The topological polar surface area (TPSA) is 63.7 Å². The van der Waals surface area contributed by atoms with Gasteiger partial charge in [0.1, 0.15) is 6.10 Å². The van der Waals surface area contributed by atoms with Gasteiger partial charge in [-0.15, -0.1) is 0 Å². The van der Waals surface area contributed by atoms with E-state index >= 15 is 0 Å². The maximum absolute atomic E-state index is 12.6. The van der Waals surface area contributed by atoms with Crippen LogP contribution in [0.2, 0.25) is 0 Å². The molecule has 2 aliphatic rings. The van der Waals surface area contributed by atoms with E-state index in [9.17, 15) is 13.2 Å². The average Bonchev–Trinajstić information content (AvgIpc) is 3.10. The Bertz CT molecular complexity index is 695. The van der Waals surface area contributed by atoms with Crippen molar-refractivity contribution in [3.05, 3.63) is 29.8 Å². The van der Waals surface area contributed by atoms with Crippen LogP contribution in [0.3, 0.4) is 0 Å². The SMILES string of the molecule is CC1CCCC(OC(=O)c2cccc(S(=O)(=O)N3CCCC3)c2)C1. The maximum Gasteiger partial charge on any atom is 0.338 e. The zero-order valence-electron chi connectivity index (χ0n) is 14.1. The third-order valence-electron chi connectivity index (χ3n) is 4.93. The smallest absolute Gasteiger partial charge is 0.338 e. The number of benzene rings is 1. The Morgan fingerprint density at radius 2 is 1.92 bits per heavy atom. The fourth-order valence-electron chi connectivity index (χ4n) is 3.57. The number of hydrogen-bond acceptors (Lipinski definition) is 4. The third kappa shape index (κ3) is 3.81. The number of nitrogens with zero attached hydrogens (tertiary/aromatic N) is 1. The van der Waals surface area contributed by atoms with Gasteiger partial charge >= 0.3 is 5.97 Å². The van der Waals surface area contributed by atoms with Crippen LogP contribution < -0.4 is 0 Å². The summed E-state index contributed by atoms with van der Waals surface area (Å²) in [4.78, 5) is 12.6. The van der Waals surface area contributed by atoms with Gasteiger partial charge in [0.2, 0.25) is 10.0 Å². The Labute approximate surface area is 144 Å². The van der Waals surface area contributed by atoms with Crippen molar-refractivity contribution in [2.45, 2.75) is 56.4 Å². The molecule has 0 N–H and O–H groups in total. The van der Waals surface area contributed by atoms with Crippen molar-refractivity contribution in [1.29, 1.82) is 0 Å². The van der Waals surface area contributed by atoms with Gasteiger partial charge in [0.05, 0.1) is 10.5 Å². The van der Waals surface area contributed by atoms with Crippen LogP contribution in [-0.2, 0) is 14.8 Å². The monoisotopic (exact) mass is 351 g/mol. The molecule has 1 aliphatic carbocycles. The molecule has 1 aromatic rings. The molecule has 0 spiro atoms. The van der Waals surface area contributed by atoms with E-state index in [1.165, 1.54) is 16.8 Å². The molecule has 0 bridgehead atoms. The van der Waals surface area contributed by atoms with Crippen molar-refractivity contribution in [3.8, 4) is 0 Å². The van der Waals surface area contributed by atoms with Gasteiger partial charge in [0.25, 0.3) is 0 Å². The Morgan fingerprint density at radius 3 is 2.62 bits per heavy atom. The van der Waals surface area contributed by atoms with Crippen molar-refractivity contribution in [2.75, 3.05) is 13.1 Å². The molecule has 1 saturated heterocycles. The molecule has 1 heterocycles. The summed E-state index contributed by atoms with van der Waals surface area (Å²) in [7, 11) is -3.51. The minimum Gasteiger partial charge on any atom is -0.459 e. The van der Waals surface area contributed by atoms with Gasteiger partial charge in [-0.1, -0.05) is 19.4 Å². The Balaban J connectivity index is 1.73. The average molecular weight is 351 g/mol. The lowest BCUT2D eigenvalue weighted by Crippen LogP contribution is -2.28. The molecule has 3 rings (SSSR count). The Morgan fingerprint density at radius 1 is 1.17 bits per heavy atom. The zero-order chi connectivity index (χ0) is 17.2. The summed E-state index contributed by atoms with van der Waals surface area (Å²) in [5, 5.41) is 0. The molecule has 0 amide bonds. The number of hydrogen-bond donors (Lipinski definition) is 0. The second-order valence-corrected chi connectivity index (χ2v) is 8.88. The minimum atomic E-state index is -3.51. The number of rotatable bonds is 4. The summed E-state index contributed by atoms with van der Waals surface area (Å²) in [5.41, 5.74) is 0.313. The first-order chi connectivity index (χ1) is 11.5. The molecule has 6 heteroatoms. The van der Waals surface area contributed by atoms with E-state index in [4.69, 9.17) is 4.74 Å². The molecule has 24 heavy (non-hydrogen) atoms. The summed E-state index contributed by atoms with van der Waals surface area (Å²) in [5.74, 6) is 0.144. The van der Waals surface area contributed by atoms with Gasteiger partial charge < -0.3 is 4.74 Å². The summed E-state index contributed by atoms with van der Waals surface area (Å²) in [6.45, 7) is 3.27. The third-order valence-corrected chi connectivity index (χ3v) is 6.83. The van der Waals surface area contributed by atoms with Crippen LogP contribution in [0.1, 0.15) is 55.8 Å². The van der Waals surface area contributed by atoms with E-state index in [0.29, 0.717) is 24.6 Å². The second kappa shape index (κ2) is 7.23. The Kier molecular flexibility index (Phi) is 5.25. The molecule has 0 radical (unpaired) electrons. The lowest BCUT2D eigenvalue weighted by molar-refractivity contribution is 0.0155. The summed E-state index contributed by atoms with van der Waals surface area (Å²) in [6, 6.07) is 6.23.